The second kappa shape index (κ2) is 14.8. The van der Waals surface area contributed by atoms with Crippen molar-refractivity contribution in [3.8, 4) is 0 Å². The number of benzene rings is 1. The fourth-order valence-corrected chi connectivity index (χ4v) is 3.94. The third-order valence-electron chi connectivity index (χ3n) is 5.16. The summed E-state index contributed by atoms with van der Waals surface area (Å²) in [5, 5.41) is 0. The maximum absolute atomic E-state index is 11.2. The van der Waals surface area contributed by atoms with Crippen LogP contribution >= 0.6 is 0 Å². The van der Waals surface area contributed by atoms with Crippen LogP contribution < -0.4 is 0 Å². The Morgan fingerprint density at radius 2 is 1.50 bits per heavy atom. The molecule has 0 aliphatic heterocycles. The summed E-state index contributed by atoms with van der Waals surface area (Å²) in [6.45, 7) is 7.97. The van der Waals surface area contributed by atoms with Crippen molar-refractivity contribution in [1.29, 1.82) is 0 Å². The second-order valence-corrected chi connectivity index (χ2v) is 9.22. The van der Waals surface area contributed by atoms with Crippen LogP contribution in [0.2, 0.25) is 0 Å². The SMILES string of the molecule is C=Cc1ccccc1CN(CCCCCCCCCCCC)CCS(=O)(=O)O. The largest absolute Gasteiger partial charge is 0.298 e. The molecule has 0 saturated carbocycles. The minimum absolute atomic E-state index is 0.221. The third-order valence-corrected chi connectivity index (χ3v) is 5.86. The quantitative estimate of drug-likeness (QED) is 0.255. The molecule has 0 aromatic heterocycles. The van der Waals surface area contributed by atoms with E-state index in [1.165, 1.54) is 57.8 Å². The zero-order valence-electron chi connectivity index (χ0n) is 17.6. The Hall–Kier alpha value is -1.17. The van der Waals surface area contributed by atoms with E-state index in [4.69, 9.17) is 4.55 Å². The summed E-state index contributed by atoms with van der Waals surface area (Å²) >= 11 is 0. The minimum atomic E-state index is -3.94. The van der Waals surface area contributed by atoms with Gasteiger partial charge in [-0.3, -0.25) is 9.45 Å². The first-order valence-corrected chi connectivity index (χ1v) is 12.4. The molecule has 1 aromatic carbocycles. The van der Waals surface area contributed by atoms with E-state index in [1.54, 1.807) is 0 Å². The Labute approximate surface area is 172 Å². The van der Waals surface area contributed by atoms with Gasteiger partial charge in [0.05, 0.1) is 5.75 Å². The van der Waals surface area contributed by atoms with Gasteiger partial charge in [0.2, 0.25) is 0 Å². The van der Waals surface area contributed by atoms with Gasteiger partial charge >= 0.3 is 0 Å². The molecule has 1 rings (SSSR count). The second-order valence-electron chi connectivity index (χ2n) is 7.65. The molecule has 1 aromatic rings. The molecule has 0 bridgehead atoms. The van der Waals surface area contributed by atoms with E-state index in [1.807, 2.05) is 24.3 Å². The highest BCUT2D eigenvalue weighted by molar-refractivity contribution is 7.85. The van der Waals surface area contributed by atoms with E-state index >= 15 is 0 Å². The van der Waals surface area contributed by atoms with Gasteiger partial charge in [0.1, 0.15) is 0 Å². The summed E-state index contributed by atoms with van der Waals surface area (Å²) in [7, 11) is -3.94. The summed E-state index contributed by atoms with van der Waals surface area (Å²) in [4.78, 5) is 2.13. The van der Waals surface area contributed by atoms with Crippen molar-refractivity contribution in [2.75, 3.05) is 18.8 Å². The van der Waals surface area contributed by atoms with Crippen molar-refractivity contribution < 1.29 is 13.0 Å². The van der Waals surface area contributed by atoms with Crippen molar-refractivity contribution >= 4 is 16.2 Å². The molecule has 0 spiro atoms. The first kappa shape index (κ1) is 24.9. The monoisotopic (exact) mass is 409 g/mol. The molecule has 1 N–H and O–H groups in total. The molecule has 160 valence electrons. The van der Waals surface area contributed by atoms with Gasteiger partial charge in [0, 0.05) is 13.1 Å². The number of hydrogen-bond donors (Lipinski definition) is 1. The van der Waals surface area contributed by atoms with E-state index in [0.29, 0.717) is 13.1 Å². The Kier molecular flexibility index (Phi) is 13.1. The molecule has 0 atom stereocenters. The number of hydrogen-bond acceptors (Lipinski definition) is 3. The molecule has 0 heterocycles. The van der Waals surface area contributed by atoms with E-state index in [0.717, 1.165) is 24.1 Å². The van der Waals surface area contributed by atoms with E-state index < -0.39 is 10.1 Å². The number of rotatable bonds is 17. The molecular formula is C23H39NO3S. The summed E-state index contributed by atoms with van der Waals surface area (Å²) in [6, 6.07) is 8.04. The van der Waals surface area contributed by atoms with Crippen molar-refractivity contribution in [3.63, 3.8) is 0 Å². The highest BCUT2D eigenvalue weighted by Gasteiger charge is 2.12. The first-order chi connectivity index (χ1) is 13.5. The number of unbranched alkanes of at least 4 members (excludes halogenated alkanes) is 9. The predicted octanol–water partition coefficient (Wildman–Crippen LogP) is 5.94. The lowest BCUT2D eigenvalue weighted by atomic mass is 10.1. The van der Waals surface area contributed by atoms with Gasteiger partial charge in [-0.25, -0.2) is 0 Å². The average molecular weight is 410 g/mol. The highest BCUT2D eigenvalue weighted by Crippen LogP contribution is 2.15. The van der Waals surface area contributed by atoms with Crippen LogP contribution in [0.1, 0.15) is 82.3 Å². The normalized spacial score (nSPS) is 11.8. The highest BCUT2D eigenvalue weighted by atomic mass is 32.2. The van der Waals surface area contributed by atoms with Gasteiger partial charge in [-0.05, 0) is 24.1 Å². The van der Waals surface area contributed by atoms with Gasteiger partial charge < -0.3 is 0 Å². The van der Waals surface area contributed by atoms with Crippen molar-refractivity contribution in [3.05, 3.63) is 42.0 Å². The maximum atomic E-state index is 11.2. The topological polar surface area (TPSA) is 57.6 Å². The molecule has 0 fully saturated rings. The van der Waals surface area contributed by atoms with E-state index in [-0.39, 0.29) is 5.75 Å². The van der Waals surface area contributed by atoms with E-state index in [9.17, 15) is 8.42 Å². The smallest absolute Gasteiger partial charge is 0.266 e. The first-order valence-electron chi connectivity index (χ1n) is 10.8. The van der Waals surface area contributed by atoms with Gasteiger partial charge in [0.25, 0.3) is 10.1 Å². The molecule has 28 heavy (non-hydrogen) atoms. The Morgan fingerprint density at radius 3 is 2.07 bits per heavy atom. The van der Waals surface area contributed by atoms with Crippen LogP contribution in [0, 0.1) is 0 Å². The molecule has 0 aliphatic rings. The molecule has 0 radical (unpaired) electrons. The van der Waals surface area contributed by atoms with Crippen LogP contribution in [-0.4, -0.2) is 36.7 Å². The summed E-state index contributed by atoms with van der Waals surface area (Å²) in [5.74, 6) is -0.221. The van der Waals surface area contributed by atoms with Crippen LogP contribution in [0.5, 0.6) is 0 Å². The summed E-state index contributed by atoms with van der Waals surface area (Å²) < 4.78 is 31.4. The predicted molar refractivity (Wildman–Crippen MR) is 120 cm³/mol. The van der Waals surface area contributed by atoms with Crippen LogP contribution in [0.25, 0.3) is 6.08 Å². The Bertz CT molecular complexity index is 643. The zero-order valence-corrected chi connectivity index (χ0v) is 18.4. The van der Waals surface area contributed by atoms with Gasteiger partial charge in [0.15, 0.2) is 0 Å². The van der Waals surface area contributed by atoms with Crippen molar-refractivity contribution in [2.24, 2.45) is 0 Å². The lowest BCUT2D eigenvalue weighted by molar-refractivity contribution is 0.271. The maximum Gasteiger partial charge on any atom is 0.266 e. The average Bonchev–Trinajstić information content (AvgIpc) is 2.67. The van der Waals surface area contributed by atoms with Crippen molar-refractivity contribution in [2.45, 2.75) is 77.7 Å². The number of nitrogens with zero attached hydrogens (tertiary/aromatic N) is 1. The van der Waals surface area contributed by atoms with Crippen molar-refractivity contribution in [1.82, 2.24) is 4.90 Å². The standard InChI is InChI=1S/C23H39NO3S/c1-3-5-6-7-8-9-10-11-12-15-18-24(19-20-28(25,26)27)21-23-17-14-13-16-22(23)4-2/h4,13-14,16-17H,2-3,5-12,15,18-21H2,1H3,(H,25,26,27). The Balaban J connectivity index is 2.36. The van der Waals surface area contributed by atoms with E-state index in [2.05, 4.69) is 24.5 Å². The van der Waals surface area contributed by atoms with Crippen LogP contribution in [0.3, 0.4) is 0 Å². The molecule has 4 nitrogen and oxygen atoms in total. The lowest BCUT2D eigenvalue weighted by Gasteiger charge is -2.23. The molecule has 0 amide bonds. The van der Waals surface area contributed by atoms with Crippen LogP contribution in [0.15, 0.2) is 30.8 Å². The summed E-state index contributed by atoms with van der Waals surface area (Å²) in [5.41, 5.74) is 2.21. The molecular weight excluding hydrogens is 370 g/mol. The minimum Gasteiger partial charge on any atom is -0.298 e. The molecule has 0 unspecified atom stereocenters. The van der Waals surface area contributed by atoms with Crippen LogP contribution in [-0.2, 0) is 16.7 Å². The van der Waals surface area contributed by atoms with Gasteiger partial charge in [-0.1, -0.05) is 102 Å². The zero-order chi connectivity index (χ0) is 20.7. The summed E-state index contributed by atoms with van der Waals surface area (Å²) in [6.07, 6.45) is 14.6. The molecule has 0 saturated heterocycles. The molecule has 0 aliphatic carbocycles. The third kappa shape index (κ3) is 12.3. The molecule has 5 heteroatoms. The van der Waals surface area contributed by atoms with Gasteiger partial charge in [-0.2, -0.15) is 8.42 Å². The Morgan fingerprint density at radius 1 is 0.929 bits per heavy atom. The lowest BCUT2D eigenvalue weighted by Crippen LogP contribution is -2.30. The fraction of sp³-hybridized carbons (Fsp3) is 0.652. The van der Waals surface area contributed by atoms with Gasteiger partial charge in [-0.15, -0.1) is 0 Å². The fourth-order valence-electron chi connectivity index (χ4n) is 3.46. The van der Waals surface area contributed by atoms with Crippen LogP contribution in [0.4, 0.5) is 0 Å².